The zero-order chi connectivity index (χ0) is 22.4. The van der Waals surface area contributed by atoms with Crippen LogP contribution in [0.15, 0.2) is 29.3 Å². The third kappa shape index (κ3) is 9.45. The Morgan fingerprint density at radius 3 is 2.84 bits per heavy atom. The number of rotatable bonds is 11. The highest BCUT2D eigenvalue weighted by molar-refractivity contribution is 5.79. The highest BCUT2D eigenvalue weighted by Crippen LogP contribution is 2.15. The van der Waals surface area contributed by atoms with E-state index in [4.69, 9.17) is 19.2 Å². The Balaban J connectivity index is 1.38. The summed E-state index contributed by atoms with van der Waals surface area (Å²) >= 11 is 0. The molecule has 1 aromatic rings. The summed E-state index contributed by atoms with van der Waals surface area (Å²) in [5.41, 5.74) is 2.58. The smallest absolute Gasteiger partial charge is 0.191 e. The first-order chi connectivity index (χ1) is 15.7. The van der Waals surface area contributed by atoms with Crippen LogP contribution in [-0.2, 0) is 27.3 Å². The minimum Gasteiger partial charge on any atom is -0.381 e. The number of guanidine groups is 1. The summed E-state index contributed by atoms with van der Waals surface area (Å²) in [6, 6.07) is 8.78. The molecular formula is C25H42N4O3. The van der Waals surface area contributed by atoms with Crippen molar-refractivity contribution in [2.45, 2.75) is 52.3 Å². The van der Waals surface area contributed by atoms with Gasteiger partial charge in [-0.05, 0) is 50.2 Å². The van der Waals surface area contributed by atoms with Gasteiger partial charge in [0.15, 0.2) is 5.96 Å². The molecule has 2 aliphatic heterocycles. The molecule has 2 heterocycles. The molecule has 2 aliphatic rings. The van der Waals surface area contributed by atoms with Gasteiger partial charge in [0.1, 0.15) is 0 Å². The Labute approximate surface area is 193 Å². The number of nitrogens with one attached hydrogen (secondary N) is 2. The van der Waals surface area contributed by atoms with E-state index in [9.17, 15) is 0 Å². The van der Waals surface area contributed by atoms with E-state index >= 15 is 0 Å². The second-order valence-corrected chi connectivity index (χ2v) is 8.84. The van der Waals surface area contributed by atoms with E-state index in [1.807, 2.05) is 0 Å². The molecule has 0 amide bonds. The van der Waals surface area contributed by atoms with Gasteiger partial charge < -0.3 is 24.8 Å². The largest absolute Gasteiger partial charge is 0.381 e. The lowest BCUT2D eigenvalue weighted by atomic mass is 10.0. The van der Waals surface area contributed by atoms with Gasteiger partial charge in [-0.2, -0.15) is 0 Å². The molecular weight excluding hydrogens is 404 g/mol. The lowest BCUT2D eigenvalue weighted by molar-refractivity contribution is -0.0212. The summed E-state index contributed by atoms with van der Waals surface area (Å²) in [4.78, 5) is 7.25. The molecule has 7 nitrogen and oxygen atoms in total. The van der Waals surface area contributed by atoms with Crippen LogP contribution in [0.4, 0.5) is 0 Å². The van der Waals surface area contributed by atoms with Crippen LogP contribution in [0.25, 0.3) is 0 Å². The average Bonchev–Trinajstić information content (AvgIpc) is 2.80. The fraction of sp³-hybridized carbons (Fsp3) is 0.720. The van der Waals surface area contributed by atoms with Crippen LogP contribution in [0.3, 0.4) is 0 Å². The third-order valence-electron chi connectivity index (χ3n) is 5.94. The van der Waals surface area contributed by atoms with E-state index < -0.39 is 0 Å². The Morgan fingerprint density at radius 2 is 2.03 bits per heavy atom. The van der Waals surface area contributed by atoms with Crippen LogP contribution in [0.2, 0.25) is 0 Å². The number of morpholine rings is 1. The van der Waals surface area contributed by atoms with Crippen LogP contribution in [0.1, 0.15) is 44.2 Å². The van der Waals surface area contributed by atoms with E-state index in [2.05, 4.69) is 53.6 Å². The summed E-state index contributed by atoms with van der Waals surface area (Å²) in [6.45, 7) is 13.8. The number of hydrogen-bond acceptors (Lipinski definition) is 5. The third-order valence-corrected chi connectivity index (χ3v) is 5.94. The van der Waals surface area contributed by atoms with Crippen molar-refractivity contribution in [2.24, 2.45) is 10.9 Å². The second kappa shape index (κ2) is 14.5. The van der Waals surface area contributed by atoms with Gasteiger partial charge in [0.2, 0.25) is 0 Å². The van der Waals surface area contributed by atoms with Gasteiger partial charge in [-0.25, -0.2) is 4.99 Å². The number of hydrogen-bond donors (Lipinski definition) is 2. The summed E-state index contributed by atoms with van der Waals surface area (Å²) in [5, 5.41) is 6.77. The van der Waals surface area contributed by atoms with Crippen molar-refractivity contribution in [3.8, 4) is 0 Å². The first kappa shape index (κ1) is 25.0. The van der Waals surface area contributed by atoms with Crippen LogP contribution >= 0.6 is 0 Å². The SMILES string of the molecule is CCNC(=NCc1cccc(CN2CCOC(C)C2)c1)NCCCOCC1CCOCC1. The Hall–Kier alpha value is -1.67. The summed E-state index contributed by atoms with van der Waals surface area (Å²) < 4.78 is 16.9. The molecule has 2 fully saturated rings. The lowest BCUT2D eigenvalue weighted by Gasteiger charge is -2.31. The Morgan fingerprint density at radius 1 is 1.19 bits per heavy atom. The van der Waals surface area contributed by atoms with Crippen molar-refractivity contribution >= 4 is 5.96 Å². The average molecular weight is 447 g/mol. The molecule has 0 bridgehead atoms. The normalized spacial score (nSPS) is 20.9. The molecule has 0 aromatic heterocycles. The molecule has 0 saturated carbocycles. The molecule has 7 heteroatoms. The maximum absolute atomic E-state index is 5.86. The maximum Gasteiger partial charge on any atom is 0.191 e. The molecule has 0 spiro atoms. The van der Waals surface area contributed by atoms with E-state index in [1.165, 1.54) is 11.1 Å². The fourth-order valence-electron chi connectivity index (χ4n) is 4.17. The number of aliphatic imine (C=N–C) groups is 1. The van der Waals surface area contributed by atoms with Crippen molar-refractivity contribution < 1.29 is 14.2 Å². The topological polar surface area (TPSA) is 67.4 Å². The van der Waals surface area contributed by atoms with Gasteiger partial charge in [0, 0.05) is 59.2 Å². The van der Waals surface area contributed by atoms with Crippen molar-refractivity contribution in [3.63, 3.8) is 0 Å². The van der Waals surface area contributed by atoms with Crippen LogP contribution in [-0.4, -0.2) is 76.2 Å². The van der Waals surface area contributed by atoms with E-state index in [-0.39, 0.29) is 0 Å². The second-order valence-electron chi connectivity index (χ2n) is 8.84. The van der Waals surface area contributed by atoms with E-state index in [0.717, 1.165) is 91.0 Å². The highest BCUT2D eigenvalue weighted by Gasteiger charge is 2.16. The Kier molecular flexibility index (Phi) is 11.3. The van der Waals surface area contributed by atoms with E-state index in [1.54, 1.807) is 0 Å². The number of ether oxygens (including phenoxy) is 3. The maximum atomic E-state index is 5.86. The summed E-state index contributed by atoms with van der Waals surface area (Å²) in [6.07, 6.45) is 3.54. The fourth-order valence-corrected chi connectivity index (χ4v) is 4.17. The predicted octanol–water partition coefficient (Wildman–Crippen LogP) is 2.80. The molecule has 32 heavy (non-hydrogen) atoms. The summed E-state index contributed by atoms with van der Waals surface area (Å²) in [7, 11) is 0. The van der Waals surface area contributed by atoms with Gasteiger partial charge >= 0.3 is 0 Å². The molecule has 1 atom stereocenters. The molecule has 1 aromatic carbocycles. The first-order valence-electron chi connectivity index (χ1n) is 12.3. The predicted molar refractivity (Wildman–Crippen MR) is 129 cm³/mol. The lowest BCUT2D eigenvalue weighted by Crippen LogP contribution is -2.40. The van der Waals surface area contributed by atoms with Crippen molar-refractivity contribution in [3.05, 3.63) is 35.4 Å². The van der Waals surface area contributed by atoms with Gasteiger partial charge in [-0.1, -0.05) is 24.3 Å². The van der Waals surface area contributed by atoms with Crippen molar-refractivity contribution in [1.82, 2.24) is 15.5 Å². The molecule has 0 radical (unpaired) electrons. The van der Waals surface area contributed by atoms with Crippen LogP contribution < -0.4 is 10.6 Å². The van der Waals surface area contributed by atoms with Gasteiger partial charge in [-0.15, -0.1) is 0 Å². The van der Waals surface area contributed by atoms with Crippen molar-refractivity contribution in [2.75, 3.05) is 59.2 Å². The standard InChI is InChI=1S/C25H42N4O3/c1-3-26-25(27-10-5-12-31-20-22-8-13-30-14-9-22)28-17-23-6-4-7-24(16-23)19-29-11-15-32-21(2)18-29/h4,6-7,16,21-22H,3,5,8-15,17-20H2,1-2H3,(H2,26,27,28). The quantitative estimate of drug-likeness (QED) is 0.310. The van der Waals surface area contributed by atoms with Crippen molar-refractivity contribution in [1.29, 1.82) is 0 Å². The number of nitrogens with zero attached hydrogens (tertiary/aromatic N) is 2. The minimum absolute atomic E-state index is 0.317. The van der Waals surface area contributed by atoms with Crippen LogP contribution in [0.5, 0.6) is 0 Å². The number of benzene rings is 1. The molecule has 1 unspecified atom stereocenters. The van der Waals surface area contributed by atoms with E-state index in [0.29, 0.717) is 18.6 Å². The molecule has 180 valence electrons. The van der Waals surface area contributed by atoms with Gasteiger partial charge in [0.05, 0.1) is 19.3 Å². The molecule has 2 N–H and O–H groups in total. The van der Waals surface area contributed by atoms with Gasteiger partial charge in [-0.3, -0.25) is 4.90 Å². The first-order valence-corrected chi connectivity index (χ1v) is 12.3. The monoisotopic (exact) mass is 446 g/mol. The summed E-state index contributed by atoms with van der Waals surface area (Å²) in [5.74, 6) is 1.53. The molecule has 3 rings (SSSR count). The van der Waals surface area contributed by atoms with Gasteiger partial charge in [0.25, 0.3) is 0 Å². The zero-order valence-corrected chi connectivity index (χ0v) is 20.0. The van der Waals surface area contributed by atoms with Crippen LogP contribution in [0, 0.1) is 5.92 Å². The minimum atomic E-state index is 0.317. The molecule has 2 saturated heterocycles. The zero-order valence-electron chi connectivity index (χ0n) is 20.0. The Bertz CT molecular complexity index is 679. The molecule has 0 aliphatic carbocycles. The highest BCUT2D eigenvalue weighted by atomic mass is 16.5.